The lowest BCUT2D eigenvalue weighted by atomic mass is 9.81. The van der Waals surface area contributed by atoms with E-state index < -0.39 is 198 Å². The van der Waals surface area contributed by atoms with Crippen LogP contribution < -0.4 is 16.0 Å². The number of rotatable bonds is 11. The number of carbonyl (C=O) groups excluding carboxylic acids is 12. The van der Waals surface area contributed by atoms with E-state index >= 15 is 41.5 Å². The topological polar surface area (TPSA) is 270 Å². The standard InChI is InChI=1S/C72H106ClF7N12O12/c1-12-44(4)59-66(102)86(7)39-57(95)84(5)40-58(96)88(9)53(36-45-22-15-13-16-23-45)64(100)85(6)38-55(93)81-50(30-28-46-27-29-48(49(73)35-46)72(78,79)80)63(99)92-33-21-26-51(92)62(98)83-69(31-19-20-32-69)68(104)90(11)60(47-24-17-14-18-25-47)67(103)89(10)54(65(101)91-41-70(74,75)71(76,77)42-91)37-56(94)87(8)52(34-43(2)3)61(97)82-59/h27,29,35,43-45,47,50-54,59-60H,12-26,28,30-34,36-42H2,1-11H3,(H,81,93)(H,82,97)(H,83,98)/t44-,50-,51-,52-,53-,54-,59-,60-/m0/s1. The van der Waals surface area contributed by atoms with Crippen molar-refractivity contribution in [3.8, 4) is 0 Å². The smallest absolute Gasteiger partial charge is 0.343 e. The second-order valence-corrected chi connectivity index (χ2v) is 30.8. The quantitative estimate of drug-likeness (QED) is 0.200. The van der Waals surface area contributed by atoms with Crippen molar-refractivity contribution in [2.45, 2.75) is 235 Å². The van der Waals surface area contributed by atoms with Gasteiger partial charge in [-0.2, -0.15) is 30.7 Å². The molecule has 0 bridgehead atoms. The van der Waals surface area contributed by atoms with Crippen LogP contribution in [0.25, 0.3) is 0 Å². The Hall–Kier alpha value is -7.34. The molecule has 1 spiro atoms. The van der Waals surface area contributed by atoms with Gasteiger partial charge in [-0.25, -0.2) is 0 Å². The van der Waals surface area contributed by atoms with Gasteiger partial charge in [-0.1, -0.05) is 116 Å². The second kappa shape index (κ2) is 35.4. The van der Waals surface area contributed by atoms with E-state index in [1.165, 1.54) is 58.2 Å². The van der Waals surface area contributed by atoms with E-state index in [0.29, 0.717) is 44.9 Å². The average molecular weight is 1500 g/mol. The SMILES string of the molecule is CC[C@H](C)[C@@H]1NC(=O)[C@H](CC(C)C)N(C)C(=O)C[C@@H](C(=O)N2CC(F)(F)C(F)(F)C2)N(C)C(=O)[C@H](C2CCCCC2)N(C)C(=O)C2(CCCC2)NC(=O)[C@@H]2CCCN2C(=O)[C@H](CCc2ccc(C(F)(F)F)c(Cl)c2)NC(=O)CN(C)C(=O)[C@H](CC2CCCCC2)N(C)C(=O)CN(C)C(=O)CN(C)C1=O. The van der Waals surface area contributed by atoms with E-state index in [2.05, 4.69) is 16.0 Å². The number of carbonyl (C=O) groups is 12. The van der Waals surface area contributed by atoms with Crippen LogP contribution in [0.2, 0.25) is 5.02 Å². The van der Waals surface area contributed by atoms with Gasteiger partial charge in [-0.05, 0) is 106 Å². The summed E-state index contributed by atoms with van der Waals surface area (Å²) in [6.45, 7) is 1.34. The van der Waals surface area contributed by atoms with Gasteiger partial charge in [0.1, 0.15) is 47.8 Å². The summed E-state index contributed by atoms with van der Waals surface area (Å²) in [6.07, 6.45) is 1.95. The number of nitrogens with one attached hydrogen (secondary N) is 3. The molecule has 6 aliphatic rings. The molecule has 3 N–H and O–H groups in total. The van der Waals surface area contributed by atoms with E-state index in [1.807, 2.05) is 0 Å². The minimum atomic E-state index is -4.80. The molecule has 3 saturated carbocycles. The molecule has 0 aromatic heterocycles. The summed E-state index contributed by atoms with van der Waals surface area (Å²) in [4.78, 5) is 187. The van der Waals surface area contributed by atoms with Crippen LogP contribution in [0.1, 0.15) is 174 Å². The lowest BCUT2D eigenvalue weighted by molar-refractivity contribution is -0.172. The Labute approximate surface area is 609 Å². The summed E-state index contributed by atoms with van der Waals surface area (Å²) in [5.74, 6) is -21.5. The normalized spacial score (nSPS) is 27.3. The number of halogens is 8. The van der Waals surface area contributed by atoms with Gasteiger partial charge in [0.25, 0.3) is 0 Å². The van der Waals surface area contributed by atoms with Crippen molar-refractivity contribution in [1.82, 2.24) is 60.0 Å². The summed E-state index contributed by atoms with van der Waals surface area (Å²) in [5.41, 5.74) is -2.62. The highest BCUT2D eigenvalue weighted by Gasteiger charge is 2.65. The largest absolute Gasteiger partial charge is 0.417 e. The van der Waals surface area contributed by atoms with E-state index in [0.717, 1.165) is 87.1 Å². The molecule has 24 nitrogen and oxygen atoms in total. The summed E-state index contributed by atoms with van der Waals surface area (Å²) in [7, 11) is 8.97. The molecule has 3 aliphatic heterocycles. The highest BCUT2D eigenvalue weighted by Crippen LogP contribution is 2.43. The Balaban J connectivity index is 1.31. The maximum absolute atomic E-state index is 15.7. The molecule has 3 heterocycles. The number of hydrogen-bond donors (Lipinski definition) is 3. The molecule has 32 heteroatoms. The maximum atomic E-state index is 15.7. The maximum Gasteiger partial charge on any atom is 0.417 e. The van der Waals surface area contributed by atoms with Gasteiger partial charge >= 0.3 is 18.0 Å². The third-order valence-electron chi connectivity index (χ3n) is 22.3. The summed E-state index contributed by atoms with van der Waals surface area (Å²) in [5, 5.41) is 7.80. The number of likely N-dealkylation sites (N-methyl/N-ethyl adjacent to an activating group) is 7. The first kappa shape index (κ1) is 83.9. The van der Waals surface area contributed by atoms with E-state index in [9.17, 15) is 46.7 Å². The molecular weight excluding hydrogens is 1390 g/mol. The van der Waals surface area contributed by atoms with Gasteiger partial charge in [-0.15, -0.1) is 0 Å². The molecule has 7 rings (SSSR count). The Morgan fingerprint density at radius 1 is 0.625 bits per heavy atom. The van der Waals surface area contributed by atoms with Crippen molar-refractivity contribution in [1.29, 1.82) is 0 Å². The number of benzene rings is 1. The first-order valence-electron chi connectivity index (χ1n) is 36.6. The van der Waals surface area contributed by atoms with Crippen molar-refractivity contribution < 1.29 is 88.3 Å². The summed E-state index contributed by atoms with van der Waals surface area (Å²) >= 11 is 6.13. The van der Waals surface area contributed by atoms with Crippen molar-refractivity contribution in [2.24, 2.45) is 23.7 Å². The van der Waals surface area contributed by atoms with Gasteiger partial charge in [-0.3, -0.25) is 57.5 Å². The summed E-state index contributed by atoms with van der Waals surface area (Å²) < 4.78 is 102. The number of hydrogen-bond acceptors (Lipinski definition) is 12. The monoisotopic (exact) mass is 1500 g/mol. The zero-order valence-corrected chi connectivity index (χ0v) is 62.6. The number of fused-ring (bicyclic) bond motifs is 1. The van der Waals surface area contributed by atoms with Crippen molar-refractivity contribution in [3.63, 3.8) is 0 Å². The van der Waals surface area contributed by atoms with Crippen LogP contribution in [0.15, 0.2) is 18.2 Å². The summed E-state index contributed by atoms with van der Waals surface area (Å²) in [6, 6.07) is -7.35. The Bertz CT molecular complexity index is 3300. The zero-order valence-electron chi connectivity index (χ0n) is 61.8. The molecule has 3 aliphatic carbocycles. The Morgan fingerprint density at radius 3 is 1.78 bits per heavy atom. The molecule has 6 fully saturated rings. The van der Waals surface area contributed by atoms with Crippen LogP contribution in [-0.4, -0.2) is 263 Å². The lowest BCUT2D eigenvalue weighted by Crippen LogP contribution is -2.65. The first-order valence-corrected chi connectivity index (χ1v) is 36.9. The van der Waals surface area contributed by atoms with Gasteiger partial charge < -0.3 is 60.0 Å². The van der Waals surface area contributed by atoms with Crippen LogP contribution in [0.5, 0.6) is 0 Å². The molecule has 0 unspecified atom stereocenters. The van der Waals surface area contributed by atoms with Gasteiger partial charge in [0.15, 0.2) is 0 Å². The zero-order chi connectivity index (χ0) is 77.2. The molecule has 1 aromatic rings. The molecule has 582 valence electrons. The van der Waals surface area contributed by atoms with E-state index in [4.69, 9.17) is 11.6 Å². The minimum Gasteiger partial charge on any atom is -0.343 e. The number of alkyl halides is 7. The molecule has 8 atom stereocenters. The molecular formula is C72H106ClF7N12O12. The Kier molecular flexibility index (Phi) is 28.5. The fraction of sp³-hybridized carbons (Fsp3) is 0.750. The van der Waals surface area contributed by atoms with Crippen LogP contribution in [-0.2, 0) is 70.1 Å². The van der Waals surface area contributed by atoms with Gasteiger partial charge in [0.05, 0.1) is 49.7 Å². The number of amides is 12. The van der Waals surface area contributed by atoms with Gasteiger partial charge in [0.2, 0.25) is 70.9 Å². The van der Waals surface area contributed by atoms with Crippen LogP contribution in [0.4, 0.5) is 30.7 Å². The second-order valence-electron chi connectivity index (χ2n) is 30.4. The van der Waals surface area contributed by atoms with Gasteiger partial charge in [0, 0.05) is 55.9 Å². The fourth-order valence-corrected chi connectivity index (χ4v) is 16.0. The molecule has 12 amide bonds. The lowest BCUT2D eigenvalue weighted by Gasteiger charge is -2.43. The predicted molar refractivity (Wildman–Crippen MR) is 370 cm³/mol. The highest BCUT2D eigenvalue weighted by atomic mass is 35.5. The Morgan fingerprint density at radius 2 is 1.20 bits per heavy atom. The highest BCUT2D eigenvalue weighted by molar-refractivity contribution is 6.31. The molecule has 0 radical (unpaired) electrons. The van der Waals surface area contributed by atoms with Crippen LogP contribution >= 0.6 is 11.6 Å². The van der Waals surface area contributed by atoms with Crippen molar-refractivity contribution in [2.75, 3.05) is 88.6 Å². The average Bonchev–Trinajstić information content (AvgIpc) is 1.57. The minimum absolute atomic E-state index is 0.0252. The van der Waals surface area contributed by atoms with E-state index in [-0.39, 0.29) is 80.2 Å². The molecule has 104 heavy (non-hydrogen) atoms. The third-order valence-corrected chi connectivity index (χ3v) is 22.6. The third kappa shape index (κ3) is 20.0. The molecule has 1 aromatic carbocycles. The number of likely N-dealkylation sites (tertiary alicyclic amines) is 1. The van der Waals surface area contributed by atoms with Crippen LogP contribution in [0.3, 0.4) is 0 Å². The fourth-order valence-electron chi connectivity index (χ4n) is 15.7. The van der Waals surface area contributed by atoms with Crippen molar-refractivity contribution in [3.05, 3.63) is 34.3 Å². The first-order chi connectivity index (χ1) is 48.6. The predicted octanol–water partition coefficient (Wildman–Crippen LogP) is 6.52. The number of aryl methyl sites for hydroxylation is 1. The number of nitrogens with zero attached hydrogens (tertiary/aromatic N) is 9. The van der Waals surface area contributed by atoms with E-state index in [1.54, 1.807) is 27.7 Å². The van der Waals surface area contributed by atoms with Crippen LogP contribution in [0, 0.1) is 23.7 Å². The molecule has 3 saturated heterocycles. The van der Waals surface area contributed by atoms with Crippen molar-refractivity contribution >= 4 is 82.5 Å².